The van der Waals surface area contributed by atoms with Crippen LogP contribution in [0.5, 0.6) is 0 Å². The molecule has 3 aromatic carbocycles. The monoisotopic (exact) mass is 439 g/mol. The highest BCUT2D eigenvalue weighted by atomic mass is 19.3. The van der Waals surface area contributed by atoms with Crippen LogP contribution in [0.3, 0.4) is 0 Å². The van der Waals surface area contributed by atoms with E-state index < -0.39 is 5.92 Å². The van der Waals surface area contributed by atoms with Gasteiger partial charge < -0.3 is 4.52 Å². The van der Waals surface area contributed by atoms with Crippen molar-refractivity contribution in [1.82, 2.24) is 15.4 Å². The first-order valence-electron chi connectivity index (χ1n) is 10.5. The lowest BCUT2D eigenvalue weighted by atomic mass is 10.00. The van der Waals surface area contributed by atoms with Crippen molar-refractivity contribution in [2.24, 2.45) is 0 Å². The molecular weight excluding hydrogens is 420 g/mol. The maximum Gasteiger partial charge on any atom is 0.270 e. The fraction of sp³-hybridized carbons (Fsp3) is 0.148. The number of fused-ring (bicyclic) bond motifs is 2. The van der Waals surface area contributed by atoms with E-state index in [-0.39, 0.29) is 5.56 Å². The summed E-state index contributed by atoms with van der Waals surface area (Å²) in [6.45, 7) is 2.84. The number of rotatable bonds is 3. The van der Waals surface area contributed by atoms with Crippen LogP contribution >= 0.6 is 0 Å². The molecule has 0 atom stereocenters. The van der Waals surface area contributed by atoms with E-state index in [0.717, 1.165) is 39.9 Å². The van der Waals surface area contributed by atoms with E-state index in [1.54, 1.807) is 6.07 Å². The first-order valence-corrected chi connectivity index (χ1v) is 10.5. The minimum absolute atomic E-state index is 0.0216. The van der Waals surface area contributed by atoms with Gasteiger partial charge in [0.25, 0.3) is 5.92 Å². The normalized spacial score (nSPS) is 11.5. The largest absolute Gasteiger partial charge is 0.355 e. The van der Waals surface area contributed by atoms with E-state index in [1.165, 1.54) is 12.1 Å². The number of benzene rings is 3. The number of aryl methyl sites for hydroxylation is 1. The lowest BCUT2D eigenvalue weighted by Crippen LogP contribution is -2.07. The molecule has 0 saturated carbocycles. The first-order chi connectivity index (χ1) is 15.9. The Morgan fingerprint density at radius 1 is 0.939 bits per heavy atom. The van der Waals surface area contributed by atoms with Crippen LogP contribution in [0.25, 0.3) is 21.9 Å². The molecule has 5 aromatic rings. The molecule has 0 amide bonds. The Kier molecular flexibility index (Phi) is 5.10. The van der Waals surface area contributed by atoms with E-state index in [4.69, 9.17) is 4.52 Å². The fourth-order valence-electron chi connectivity index (χ4n) is 3.76. The highest BCUT2D eigenvalue weighted by Crippen LogP contribution is 2.30. The molecule has 0 spiro atoms. The van der Waals surface area contributed by atoms with Crippen LogP contribution in [0, 0.1) is 18.8 Å². The van der Waals surface area contributed by atoms with Crippen molar-refractivity contribution in [3.63, 3.8) is 0 Å². The average molecular weight is 439 g/mol. The number of halogens is 2. The molecule has 4 nitrogen and oxygen atoms in total. The molecular formula is C27H19F2N3O. The van der Waals surface area contributed by atoms with Gasteiger partial charge in [-0.15, -0.1) is 10.2 Å². The van der Waals surface area contributed by atoms with Crippen molar-refractivity contribution < 1.29 is 13.3 Å². The van der Waals surface area contributed by atoms with Crippen LogP contribution < -0.4 is 0 Å². The fourth-order valence-corrected chi connectivity index (χ4v) is 3.76. The first kappa shape index (κ1) is 20.8. The molecule has 2 aromatic heterocycles. The van der Waals surface area contributed by atoms with Crippen LogP contribution in [-0.4, -0.2) is 15.4 Å². The van der Waals surface area contributed by atoms with Gasteiger partial charge in [0, 0.05) is 29.7 Å². The zero-order valence-electron chi connectivity index (χ0n) is 18.1. The van der Waals surface area contributed by atoms with Crippen molar-refractivity contribution in [1.29, 1.82) is 0 Å². The SMILES string of the molecule is Cc1ccc2c(Cc3cccc(C(C)(F)F)c3)noc2c1C#Cc1cc2ccccc2nn1. The van der Waals surface area contributed by atoms with Crippen LogP contribution in [0.4, 0.5) is 8.78 Å². The van der Waals surface area contributed by atoms with E-state index in [1.807, 2.05) is 55.5 Å². The second kappa shape index (κ2) is 8.10. The maximum atomic E-state index is 13.7. The molecule has 162 valence electrons. The lowest BCUT2D eigenvalue weighted by molar-refractivity contribution is 0.0174. The maximum absolute atomic E-state index is 13.7. The van der Waals surface area contributed by atoms with Gasteiger partial charge in [-0.25, -0.2) is 8.78 Å². The van der Waals surface area contributed by atoms with Crippen molar-refractivity contribution in [2.75, 3.05) is 0 Å². The van der Waals surface area contributed by atoms with E-state index in [0.29, 0.717) is 23.4 Å². The van der Waals surface area contributed by atoms with Gasteiger partial charge in [-0.2, -0.15) is 0 Å². The van der Waals surface area contributed by atoms with Crippen LogP contribution in [0.15, 0.2) is 71.3 Å². The lowest BCUT2D eigenvalue weighted by Gasteiger charge is -2.11. The number of aromatic nitrogens is 3. The zero-order valence-corrected chi connectivity index (χ0v) is 18.1. The average Bonchev–Trinajstić information content (AvgIpc) is 3.20. The Labute approximate surface area is 189 Å². The molecule has 5 rings (SSSR count). The number of nitrogens with zero attached hydrogens (tertiary/aromatic N) is 3. The molecule has 0 unspecified atom stereocenters. The van der Waals surface area contributed by atoms with Gasteiger partial charge in [0.2, 0.25) is 0 Å². The van der Waals surface area contributed by atoms with Gasteiger partial charge in [-0.05, 0) is 48.2 Å². The molecule has 0 aliphatic heterocycles. The van der Waals surface area contributed by atoms with Gasteiger partial charge in [0.1, 0.15) is 5.69 Å². The Morgan fingerprint density at radius 3 is 2.64 bits per heavy atom. The predicted octanol–water partition coefficient (Wildman–Crippen LogP) is 6.18. The summed E-state index contributed by atoms with van der Waals surface area (Å²) in [4.78, 5) is 0. The molecule has 0 saturated heterocycles. The Balaban J connectivity index is 1.51. The summed E-state index contributed by atoms with van der Waals surface area (Å²) in [6, 6.07) is 19.9. The molecule has 2 heterocycles. The quantitative estimate of drug-likeness (QED) is 0.315. The molecule has 0 bridgehead atoms. The Morgan fingerprint density at radius 2 is 1.79 bits per heavy atom. The van der Waals surface area contributed by atoms with Gasteiger partial charge >= 0.3 is 0 Å². The summed E-state index contributed by atoms with van der Waals surface area (Å²) >= 11 is 0. The number of hydrogen-bond donors (Lipinski definition) is 0. The topological polar surface area (TPSA) is 51.8 Å². The third-order valence-electron chi connectivity index (χ3n) is 5.54. The van der Waals surface area contributed by atoms with Gasteiger partial charge in [-0.1, -0.05) is 53.5 Å². The second-order valence-electron chi connectivity index (χ2n) is 8.07. The summed E-state index contributed by atoms with van der Waals surface area (Å²) < 4.78 is 33.1. The van der Waals surface area contributed by atoms with Crippen LogP contribution in [0.2, 0.25) is 0 Å². The highest BCUT2D eigenvalue weighted by molar-refractivity contribution is 5.86. The third-order valence-corrected chi connectivity index (χ3v) is 5.54. The van der Waals surface area contributed by atoms with Crippen LogP contribution in [-0.2, 0) is 12.3 Å². The van der Waals surface area contributed by atoms with Crippen LogP contribution in [0.1, 0.15) is 40.6 Å². The second-order valence-corrected chi connectivity index (χ2v) is 8.07. The minimum atomic E-state index is -2.90. The van der Waals surface area contributed by atoms with Crippen molar-refractivity contribution in [2.45, 2.75) is 26.2 Å². The minimum Gasteiger partial charge on any atom is -0.355 e. The number of alkyl halides is 2. The van der Waals surface area contributed by atoms with Gasteiger partial charge in [0.05, 0.1) is 16.8 Å². The summed E-state index contributed by atoms with van der Waals surface area (Å²) in [5.74, 6) is 3.34. The number of hydrogen-bond acceptors (Lipinski definition) is 4. The summed E-state index contributed by atoms with van der Waals surface area (Å²) in [5, 5.41) is 14.4. The van der Waals surface area contributed by atoms with E-state index in [2.05, 4.69) is 27.2 Å². The van der Waals surface area contributed by atoms with Crippen molar-refractivity contribution in [3.05, 3.63) is 100 Å². The van der Waals surface area contributed by atoms with Crippen molar-refractivity contribution >= 4 is 21.9 Å². The highest BCUT2D eigenvalue weighted by Gasteiger charge is 2.24. The molecule has 0 aliphatic rings. The predicted molar refractivity (Wildman–Crippen MR) is 123 cm³/mol. The summed E-state index contributed by atoms with van der Waals surface area (Å²) in [6.07, 6.45) is 0.378. The summed E-state index contributed by atoms with van der Waals surface area (Å²) in [5.41, 5.74) is 5.00. The molecule has 0 radical (unpaired) electrons. The summed E-state index contributed by atoms with van der Waals surface area (Å²) in [7, 11) is 0. The van der Waals surface area contributed by atoms with Gasteiger partial charge in [0.15, 0.2) is 5.58 Å². The van der Waals surface area contributed by atoms with E-state index in [9.17, 15) is 8.78 Å². The smallest absolute Gasteiger partial charge is 0.270 e. The standard InChI is InChI=1S/C27H19F2N3O/c1-17-10-12-23-25(15-18-6-5-8-20(14-18)27(2,28)29)32-33-26(23)22(17)13-11-21-16-19-7-3-4-9-24(19)31-30-21/h3-10,12,14,16H,15H2,1-2H3. The van der Waals surface area contributed by atoms with Gasteiger partial charge in [-0.3, -0.25) is 0 Å². The Bertz CT molecular complexity index is 1560. The molecule has 0 N–H and O–H groups in total. The molecule has 0 fully saturated rings. The van der Waals surface area contributed by atoms with E-state index >= 15 is 0 Å². The zero-order chi connectivity index (χ0) is 23.0. The molecule has 33 heavy (non-hydrogen) atoms. The molecule has 6 heteroatoms. The van der Waals surface area contributed by atoms with Crippen molar-refractivity contribution in [3.8, 4) is 11.8 Å². The third kappa shape index (κ3) is 4.18. The Hall–Kier alpha value is -4.11. The molecule has 0 aliphatic carbocycles.